The Labute approximate surface area is 168 Å². The number of hydrogen-bond acceptors (Lipinski definition) is 4. The Morgan fingerprint density at radius 1 is 1.10 bits per heavy atom. The van der Waals surface area contributed by atoms with Crippen LogP contribution in [0.2, 0.25) is 0 Å². The lowest BCUT2D eigenvalue weighted by atomic mass is 10.1. The Morgan fingerprint density at radius 3 is 2.60 bits per heavy atom. The van der Waals surface area contributed by atoms with Gasteiger partial charge in [-0.05, 0) is 30.3 Å². The number of carbonyl (C=O) groups is 4. The molecule has 0 saturated carbocycles. The molecule has 0 unspecified atom stereocenters. The molecule has 1 aliphatic rings. The van der Waals surface area contributed by atoms with Crippen molar-refractivity contribution in [3.05, 3.63) is 71.7 Å². The van der Waals surface area contributed by atoms with Gasteiger partial charge >= 0.3 is 12.0 Å². The maximum Gasteiger partial charge on any atom is 0.335 e. The van der Waals surface area contributed by atoms with E-state index in [-0.39, 0.29) is 17.8 Å². The molecule has 30 heavy (non-hydrogen) atoms. The second-order valence-electron chi connectivity index (χ2n) is 6.56. The smallest absolute Gasteiger partial charge is 0.335 e. The minimum Gasteiger partial charge on any atom is -0.480 e. The summed E-state index contributed by atoms with van der Waals surface area (Å²) in [6.07, 6.45) is 2.80. The predicted molar refractivity (Wildman–Crippen MR) is 105 cm³/mol. The highest BCUT2D eigenvalue weighted by atomic mass is 19.1. The van der Waals surface area contributed by atoms with Gasteiger partial charge in [0, 0.05) is 22.7 Å². The summed E-state index contributed by atoms with van der Waals surface area (Å²) in [6, 6.07) is 10.8. The van der Waals surface area contributed by atoms with E-state index < -0.39 is 29.6 Å². The molecule has 0 bridgehead atoms. The first-order valence-electron chi connectivity index (χ1n) is 8.82. The molecule has 0 radical (unpaired) electrons. The molecule has 0 aliphatic carbocycles. The van der Waals surface area contributed by atoms with Gasteiger partial charge in [-0.1, -0.05) is 24.3 Å². The molecule has 4 rings (SSSR count). The first kappa shape index (κ1) is 19.1. The number of aliphatic carboxylic acids is 1. The number of hydrogen-bond donors (Lipinski definition) is 2. The van der Waals surface area contributed by atoms with Crippen molar-refractivity contribution in [2.75, 3.05) is 4.90 Å². The van der Waals surface area contributed by atoms with Gasteiger partial charge in [0.1, 0.15) is 17.9 Å². The maximum atomic E-state index is 13.6. The van der Waals surface area contributed by atoms with Crippen LogP contribution in [0.5, 0.6) is 0 Å². The summed E-state index contributed by atoms with van der Waals surface area (Å²) in [4.78, 5) is 49.3. The highest BCUT2D eigenvalue weighted by molar-refractivity contribution is 6.39. The van der Waals surface area contributed by atoms with Crippen molar-refractivity contribution in [3.63, 3.8) is 0 Å². The van der Waals surface area contributed by atoms with Crippen molar-refractivity contribution < 1.29 is 28.7 Å². The summed E-state index contributed by atoms with van der Waals surface area (Å²) in [5, 5.41) is 11.8. The van der Waals surface area contributed by atoms with Crippen molar-refractivity contribution in [3.8, 4) is 0 Å². The monoisotopic (exact) mass is 407 g/mol. The molecule has 2 aromatic carbocycles. The number of nitrogens with one attached hydrogen (secondary N) is 1. The molecule has 1 aromatic heterocycles. The fraction of sp³-hybridized carbons (Fsp3) is 0.0476. The number of para-hydroxylation sites is 1. The molecule has 3 aromatic rings. The lowest BCUT2D eigenvalue weighted by Gasteiger charge is -2.26. The summed E-state index contributed by atoms with van der Waals surface area (Å²) >= 11 is 0. The number of rotatable bonds is 4. The Hall–Kier alpha value is -4.27. The summed E-state index contributed by atoms with van der Waals surface area (Å²) in [5.74, 6) is -3.51. The van der Waals surface area contributed by atoms with E-state index in [0.717, 1.165) is 12.1 Å². The highest BCUT2D eigenvalue weighted by Crippen LogP contribution is 2.26. The zero-order chi connectivity index (χ0) is 21.4. The number of carboxylic acids is 1. The minimum absolute atomic E-state index is 0.0239. The average molecular weight is 407 g/mol. The largest absolute Gasteiger partial charge is 0.480 e. The lowest BCUT2D eigenvalue weighted by molar-refractivity contribution is -0.137. The molecule has 2 N–H and O–H groups in total. The molecule has 4 amide bonds. The third kappa shape index (κ3) is 3.32. The van der Waals surface area contributed by atoms with Crippen molar-refractivity contribution in [1.29, 1.82) is 0 Å². The number of halogens is 1. The fourth-order valence-electron chi connectivity index (χ4n) is 3.33. The summed E-state index contributed by atoms with van der Waals surface area (Å²) in [5.41, 5.74) is 0.675. The second-order valence-corrected chi connectivity index (χ2v) is 6.56. The van der Waals surface area contributed by atoms with E-state index in [1.165, 1.54) is 29.0 Å². The van der Waals surface area contributed by atoms with E-state index in [1.54, 1.807) is 24.3 Å². The third-order valence-corrected chi connectivity index (χ3v) is 4.59. The van der Waals surface area contributed by atoms with Gasteiger partial charge in [-0.2, -0.15) is 0 Å². The molecular formula is C21H14FN3O5. The van der Waals surface area contributed by atoms with Crippen LogP contribution < -0.4 is 10.2 Å². The molecular weight excluding hydrogens is 393 g/mol. The number of carboxylic acid groups (broad SMARTS) is 1. The van der Waals surface area contributed by atoms with Crippen molar-refractivity contribution in [2.24, 2.45) is 0 Å². The molecule has 9 heteroatoms. The van der Waals surface area contributed by atoms with Crippen LogP contribution in [-0.2, 0) is 20.9 Å². The number of aromatic nitrogens is 1. The van der Waals surface area contributed by atoms with Gasteiger partial charge in [0.05, 0.1) is 5.69 Å². The van der Waals surface area contributed by atoms with E-state index >= 15 is 0 Å². The third-order valence-electron chi connectivity index (χ3n) is 4.59. The van der Waals surface area contributed by atoms with Crippen LogP contribution in [-0.4, -0.2) is 33.5 Å². The molecule has 1 fully saturated rings. The zero-order valence-electron chi connectivity index (χ0n) is 15.3. The minimum atomic E-state index is -1.05. The van der Waals surface area contributed by atoms with Gasteiger partial charge in [-0.3, -0.25) is 19.7 Å². The SMILES string of the molecule is O=C(O)Cn1cc(/C=C2\C(=O)NC(=O)N(c3cccc(F)c3)C2=O)c2ccccc21. The molecule has 0 spiro atoms. The van der Waals surface area contributed by atoms with Gasteiger partial charge in [0.15, 0.2) is 0 Å². The number of fused-ring (bicyclic) bond motifs is 1. The number of imide groups is 2. The standard InChI is InChI=1S/C21H14FN3O5/c22-13-4-3-5-14(9-13)25-20(29)16(19(28)23-21(25)30)8-12-10-24(11-18(26)27)17-7-2-1-6-15(12)17/h1-10H,11H2,(H,26,27)(H,23,28,30)/b16-8+. The van der Waals surface area contributed by atoms with Crippen molar-refractivity contribution in [2.45, 2.75) is 6.54 Å². The van der Waals surface area contributed by atoms with Crippen LogP contribution in [0.3, 0.4) is 0 Å². The molecule has 8 nitrogen and oxygen atoms in total. The van der Waals surface area contributed by atoms with Gasteiger partial charge in [0.2, 0.25) is 0 Å². The normalized spacial score (nSPS) is 15.7. The first-order valence-corrected chi connectivity index (χ1v) is 8.82. The van der Waals surface area contributed by atoms with Crippen molar-refractivity contribution in [1.82, 2.24) is 9.88 Å². The average Bonchev–Trinajstić information content (AvgIpc) is 3.02. The van der Waals surface area contributed by atoms with Gasteiger partial charge in [0.25, 0.3) is 11.8 Å². The van der Waals surface area contributed by atoms with Crippen molar-refractivity contribution >= 4 is 46.5 Å². The van der Waals surface area contributed by atoms with Crippen LogP contribution >= 0.6 is 0 Å². The van der Waals surface area contributed by atoms with E-state index in [9.17, 15) is 23.6 Å². The molecule has 1 saturated heterocycles. The summed E-state index contributed by atoms with van der Waals surface area (Å²) in [7, 11) is 0. The van der Waals surface area contributed by atoms with Gasteiger partial charge < -0.3 is 9.67 Å². The number of carbonyl (C=O) groups excluding carboxylic acids is 3. The summed E-state index contributed by atoms with van der Waals surface area (Å²) in [6.45, 7) is -0.308. The molecule has 150 valence electrons. The van der Waals surface area contributed by atoms with Crippen LogP contribution in [0.15, 0.2) is 60.3 Å². The van der Waals surface area contributed by atoms with E-state index in [2.05, 4.69) is 5.32 Å². The first-order chi connectivity index (χ1) is 14.3. The number of amides is 4. The topological polar surface area (TPSA) is 109 Å². The van der Waals surface area contributed by atoms with E-state index in [1.807, 2.05) is 0 Å². The van der Waals surface area contributed by atoms with Gasteiger partial charge in [-0.25, -0.2) is 14.1 Å². The van der Waals surface area contributed by atoms with E-state index in [0.29, 0.717) is 21.4 Å². The Bertz CT molecular complexity index is 1260. The number of barbiturate groups is 1. The number of urea groups is 1. The molecule has 1 aliphatic heterocycles. The summed E-state index contributed by atoms with van der Waals surface area (Å²) < 4.78 is 15.1. The molecule has 0 atom stereocenters. The van der Waals surface area contributed by atoms with E-state index in [4.69, 9.17) is 5.11 Å². The maximum absolute atomic E-state index is 13.6. The van der Waals surface area contributed by atoms with Crippen LogP contribution in [0, 0.1) is 5.82 Å². The van der Waals surface area contributed by atoms with Gasteiger partial charge in [-0.15, -0.1) is 0 Å². The molecule has 2 heterocycles. The second kappa shape index (κ2) is 7.28. The predicted octanol–water partition coefficient (Wildman–Crippen LogP) is 2.53. The highest BCUT2D eigenvalue weighted by Gasteiger charge is 2.37. The Kier molecular flexibility index (Phi) is 4.63. The van der Waals surface area contributed by atoms with Crippen LogP contribution in [0.4, 0.5) is 14.9 Å². The zero-order valence-corrected chi connectivity index (χ0v) is 15.3. The Morgan fingerprint density at radius 2 is 1.87 bits per heavy atom. The number of benzene rings is 2. The fourth-order valence-corrected chi connectivity index (χ4v) is 3.33. The Balaban J connectivity index is 1.81. The van der Waals surface area contributed by atoms with Crippen LogP contribution in [0.25, 0.3) is 17.0 Å². The van der Waals surface area contributed by atoms with Crippen LogP contribution in [0.1, 0.15) is 5.56 Å². The number of anilines is 1. The number of nitrogens with zero attached hydrogens (tertiary/aromatic N) is 2. The quantitative estimate of drug-likeness (QED) is 0.510. The lowest BCUT2D eigenvalue weighted by Crippen LogP contribution is -2.54.